The van der Waals surface area contributed by atoms with Crippen LogP contribution in [0, 0.1) is 0 Å². The summed E-state index contributed by atoms with van der Waals surface area (Å²) in [5.74, 6) is -0.477. The monoisotopic (exact) mass is 396 g/mol. The van der Waals surface area contributed by atoms with Crippen molar-refractivity contribution in [3.8, 4) is 11.5 Å². The molecule has 0 aliphatic carbocycles. The number of rotatable bonds is 3. The van der Waals surface area contributed by atoms with Crippen LogP contribution in [-0.2, 0) is 21.8 Å². The number of phenols is 1. The molecule has 0 saturated carbocycles. The number of benzene rings is 1. The van der Waals surface area contributed by atoms with Crippen molar-refractivity contribution >= 4 is 11.0 Å². The summed E-state index contributed by atoms with van der Waals surface area (Å²) in [4.78, 5) is 11.2. The van der Waals surface area contributed by atoms with Crippen LogP contribution in [0.4, 0.5) is 0 Å². The second-order valence-corrected chi connectivity index (χ2v) is 5.43. The topological polar surface area (TPSA) is 150 Å². The first-order valence-corrected chi connectivity index (χ1v) is 7.15. The fourth-order valence-corrected chi connectivity index (χ4v) is 2.47. The van der Waals surface area contributed by atoms with Crippen molar-refractivity contribution in [3.05, 3.63) is 34.7 Å². The third-order valence-electron chi connectivity index (χ3n) is 3.79. The van der Waals surface area contributed by atoms with Crippen molar-refractivity contribution in [2.24, 2.45) is 0 Å². The van der Waals surface area contributed by atoms with E-state index in [0.717, 1.165) is 6.07 Å². The van der Waals surface area contributed by atoms with Gasteiger partial charge in [-0.3, -0.25) is 0 Å². The number of aromatic hydroxyl groups is 1. The Balaban J connectivity index is 0.00000225. The fraction of sp³-hybridized carbons (Fsp3) is 0.400. The van der Waals surface area contributed by atoms with Gasteiger partial charge in [0.2, 0.25) is 6.29 Å². The Morgan fingerprint density at radius 3 is 2.48 bits per heavy atom. The maximum Gasteiger partial charge on any atom is 0.336 e. The molecule has 3 rings (SSSR count). The summed E-state index contributed by atoms with van der Waals surface area (Å²) in [5, 5.41) is 49.0. The van der Waals surface area contributed by atoms with Gasteiger partial charge in [0.05, 0.1) is 6.61 Å². The number of phenolic OH excluding ortho intramolecular Hbond substituents is 1. The number of fused-ring (bicyclic) bond motifs is 1. The van der Waals surface area contributed by atoms with E-state index in [4.69, 9.17) is 19.0 Å². The molecule has 5 N–H and O–H groups in total. The largest absolute Gasteiger partial charge is 0.504 e. The molecular formula is C15H16FeO9. The minimum absolute atomic E-state index is 0. The van der Waals surface area contributed by atoms with Gasteiger partial charge in [-0.05, 0) is 12.1 Å². The molecule has 138 valence electrons. The molecule has 1 aromatic heterocycles. The van der Waals surface area contributed by atoms with Crippen molar-refractivity contribution in [2.75, 3.05) is 6.61 Å². The van der Waals surface area contributed by atoms with E-state index in [0.29, 0.717) is 5.39 Å². The molecule has 5 atom stereocenters. The molecule has 1 aromatic carbocycles. The summed E-state index contributed by atoms with van der Waals surface area (Å²) in [5.41, 5.74) is -0.439. The number of hydrogen-bond donors (Lipinski definition) is 5. The van der Waals surface area contributed by atoms with Crippen LogP contribution in [-0.4, -0.2) is 62.8 Å². The Kier molecular flexibility index (Phi) is 6.07. The minimum atomic E-state index is -1.60. The van der Waals surface area contributed by atoms with Crippen LogP contribution in [0.5, 0.6) is 11.5 Å². The standard InChI is InChI=1S/C15H16O9.Fe/c16-5-10-12(19)13(20)14(21)15(24-10)23-9-3-6-1-2-11(18)22-8(6)4-7(9)17;/h1-4,10,12-17,19-21H,5H2;/t10-,12-,13+,14-,15-;/m1./s1. The van der Waals surface area contributed by atoms with E-state index in [1.54, 1.807) is 0 Å². The van der Waals surface area contributed by atoms with E-state index in [9.17, 15) is 25.2 Å². The summed E-state index contributed by atoms with van der Waals surface area (Å²) in [7, 11) is 0. The zero-order valence-electron chi connectivity index (χ0n) is 12.6. The van der Waals surface area contributed by atoms with Crippen LogP contribution < -0.4 is 10.4 Å². The molecule has 0 radical (unpaired) electrons. The number of hydrogen-bond acceptors (Lipinski definition) is 9. The van der Waals surface area contributed by atoms with E-state index in [1.807, 2.05) is 0 Å². The molecule has 9 nitrogen and oxygen atoms in total. The van der Waals surface area contributed by atoms with Crippen molar-refractivity contribution in [1.82, 2.24) is 0 Å². The van der Waals surface area contributed by atoms with Gasteiger partial charge in [0, 0.05) is 34.6 Å². The van der Waals surface area contributed by atoms with Gasteiger partial charge >= 0.3 is 5.63 Å². The molecule has 10 heteroatoms. The predicted octanol–water partition coefficient (Wildman–Crippen LogP) is -1.33. The molecule has 0 bridgehead atoms. The molecule has 0 unspecified atom stereocenters. The van der Waals surface area contributed by atoms with Gasteiger partial charge < -0.3 is 39.4 Å². The first-order valence-electron chi connectivity index (χ1n) is 7.15. The quantitative estimate of drug-likeness (QED) is 0.314. The first kappa shape index (κ1) is 19.7. The van der Waals surface area contributed by atoms with Crippen LogP contribution in [0.1, 0.15) is 0 Å². The Hall–Kier alpha value is -1.65. The normalized spacial score (nSPS) is 29.2. The van der Waals surface area contributed by atoms with Crippen molar-refractivity contribution < 1.29 is 56.5 Å². The zero-order chi connectivity index (χ0) is 17.4. The summed E-state index contributed by atoms with van der Waals surface area (Å²) in [6.45, 7) is -0.598. The second-order valence-electron chi connectivity index (χ2n) is 5.43. The third-order valence-corrected chi connectivity index (χ3v) is 3.79. The maximum absolute atomic E-state index is 11.2. The third kappa shape index (κ3) is 3.80. The Bertz CT molecular complexity index is 790. The average Bonchev–Trinajstić information content (AvgIpc) is 2.56. The number of aliphatic hydroxyl groups is 4. The van der Waals surface area contributed by atoms with Gasteiger partial charge in [0.1, 0.15) is 30.0 Å². The Morgan fingerprint density at radius 1 is 1.08 bits per heavy atom. The Morgan fingerprint density at radius 2 is 1.80 bits per heavy atom. The molecule has 2 aromatic rings. The maximum atomic E-state index is 11.2. The van der Waals surface area contributed by atoms with Gasteiger partial charge in [-0.1, -0.05) is 0 Å². The zero-order valence-corrected chi connectivity index (χ0v) is 13.7. The molecule has 0 spiro atoms. The van der Waals surface area contributed by atoms with Gasteiger partial charge in [-0.15, -0.1) is 0 Å². The van der Waals surface area contributed by atoms with E-state index in [1.165, 1.54) is 18.2 Å². The Labute approximate surface area is 151 Å². The molecular weight excluding hydrogens is 380 g/mol. The van der Waals surface area contributed by atoms with Gasteiger partial charge in [0.25, 0.3) is 0 Å². The molecule has 1 saturated heterocycles. The molecule has 0 amide bonds. The molecule has 1 aliphatic rings. The summed E-state index contributed by atoms with van der Waals surface area (Å²) >= 11 is 0. The van der Waals surface area contributed by atoms with E-state index < -0.39 is 42.9 Å². The van der Waals surface area contributed by atoms with Gasteiger partial charge in [0.15, 0.2) is 11.5 Å². The van der Waals surface area contributed by atoms with Gasteiger partial charge in [-0.2, -0.15) is 0 Å². The summed E-state index contributed by atoms with van der Waals surface area (Å²) in [6, 6.07) is 5.17. The van der Waals surface area contributed by atoms with Crippen LogP contribution >= 0.6 is 0 Å². The molecule has 1 fully saturated rings. The molecule has 25 heavy (non-hydrogen) atoms. The van der Waals surface area contributed by atoms with Crippen LogP contribution in [0.15, 0.2) is 33.5 Å². The SMILES string of the molecule is O=c1ccc2cc(O[C@@H]3O[C@H](CO)[C@@H](O)[C@H](O)[C@H]3O)c(O)cc2o1.[Fe]. The van der Waals surface area contributed by atoms with E-state index in [-0.39, 0.29) is 34.2 Å². The van der Waals surface area contributed by atoms with E-state index >= 15 is 0 Å². The smallest absolute Gasteiger partial charge is 0.336 e. The van der Waals surface area contributed by atoms with E-state index in [2.05, 4.69) is 0 Å². The van der Waals surface area contributed by atoms with Gasteiger partial charge in [-0.25, -0.2) is 4.79 Å². The minimum Gasteiger partial charge on any atom is -0.504 e. The average molecular weight is 396 g/mol. The number of aliphatic hydroxyl groups excluding tert-OH is 4. The summed E-state index contributed by atoms with van der Waals surface area (Å²) in [6.07, 6.45) is -7.27. The molecule has 2 heterocycles. The predicted molar refractivity (Wildman–Crippen MR) is 78.5 cm³/mol. The van der Waals surface area contributed by atoms with Crippen molar-refractivity contribution in [1.29, 1.82) is 0 Å². The van der Waals surface area contributed by atoms with Crippen LogP contribution in [0.3, 0.4) is 0 Å². The van der Waals surface area contributed by atoms with Crippen LogP contribution in [0.2, 0.25) is 0 Å². The molecule has 1 aliphatic heterocycles. The second kappa shape index (κ2) is 7.71. The van der Waals surface area contributed by atoms with Crippen molar-refractivity contribution in [2.45, 2.75) is 30.7 Å². The summed E-state index contributed by atoms with van der Waals surface area (Å²) < 4.78 is 15.5. The number of ether oxygens (including phenoxy) is 2. The fourth-order valence-electron chi connectivity index (χ4n) is 2.47. The first-order chi connectivity index (χ1) is 11.4. The van der Waals surface area contributed by atoms with Crippen molar-refractivity contribution in [3.63, 3.8) is 0 Å². The van der Waals surface area contributed by atoms with Crippen LogP contribution in [0.25, 0.3) is 11.0 Å².